The van der Waals surface area contributed by atoms with Gasteiger partial charge in [0.05, 0.1) is 18.8 Å². The molecule has 3 rings (SSSR count). The van der Waals surface area contributed by atoms with Crippen molar-refractivity contribution >= 4 is 27.8 Å². The van der Waals surface area contributed by atoms with E-state index in [0.717, 1.165) is 22.9 Å². The van der Waals surface area contributed by atoms with Gasteiger partial charge in [-0.1, -0.05) is 36.4 Å². The van der Waals surface area contributed by atoms with Crippen LogP contribution in [0.25, 0.3) is 0 Å². The third-order valence-electron chi connectivity index (χ3n) is 5.08. The van der Waals surface area contributed by atoms with Gasteiger partial charge in [0.15, 0.2) is 0 Å². The van der Waals surface area contributed by atoms with Gasteiger partial charge in [-0.2, -0.15) is 20.2 Å². The molecular weight excluding hydrogens is 511 g/mol. The molecule has 36 heavy (non-hydrogen) atoms. The van der Waals surface area contributed by atoms with Crippen LogP contribution < -0.4 is 43.6 Å². The minimum absolute atomic E-state index is 0. The number of hydrogen-bond donors (Lipinski definition) is 1. The second-order valence-corrected chi connectivity index (χ2v) is 10.9. The van der Waals surface area contributed by atoms with Crippen LogP contribution >= 0.6 is 11.8 Å². The van der Waals surface area contributed by atoms with E-state index < -0.39 is 21.3 Å². The number of benzene rings is 3. The molecule has 186 valence electrons. The maximum Gasteiger partial charge on any atom is 1.00 e. The Hall–Kier alpha value is -2.17. The Morgan fingerprint density at radius 2 is 1.42 bits per heavy atom. The second-order valence-electron chi connectivity index (χ2n) is 7.97. The Bertz CT molecular complexity index is 1200. The van der Waals surface area contributed by atoms with Crippen molar-refractivity contribution in [1.29, 1.82) is 0 Å². The molecule has 10 heteroatoms. The largest absolute Gasteiger partial charge is 1.00 e. The van der Waals surface area contributed by atoms with Crippen LogP contribution in [0.5, 0.6) is 17.2 Å². The maximum atomic E-state index is 11.6. The van der Waals surface area contributed by atoms with Crippen LogP contribution in [0.15, 0.2) is 72.8 Å². The number of hydrogen-bond acceptors (Lipinski definition) is 8. The van der Waals surface area contributed by atoms with Gasteiger partial charge < -0.3 is 23.9 Å². The molecule has 0 radical (unpaired) electrons. The molecule has 3 aromatic rings. The molecule has 0 aromatic heterocycles. The number of aromatic hydroxyl groups is 1. The predicted molar refractivity (Wildman–Crippen MR) is 134 cm³/mol. The van der Waals surface area contributed by atoms with Gasteiger partial charge in [-0.3, -0.25) is 0 Å². The molecule has 0 aliphatic rings. The van der Waals surface area contributed by atoms with Crippen molar-refractivity contribution < 1.29 is 61.9 Å². The molecule has 1 unspecified atom stereocenters. The van der Waals surface area contributed by atoms with Crippen LogP contribution in [0.1, 0.15) is 16.7 Å². The standard InChI is InChI=1S/C26H28O7S2.Na/c1-35(30,31)33-24-12-10-23(11-13-24)32-16-14-19-2-4-21(5-3-19)18-25(26(28)29)34-17-15-20-6-8-22(27)9-7-20;/h2-13,25,27H,14-18H2,1H3,(H,28,29);/q;+1/p-1. The van der Waals surface area contributed by atoms with Gasteiger partial charge in [0.2, 0.25) is 0 Å². The summed E-state index contributed by atoms with van der Waals surface area (Å²) in [6.07, 6.45) is 2.73. The van der Waals surface area contributed by atoms with Crippen molar-refractivity contribution in [3.05, 3.63) is 89.5 Å². The minimum atomic E-state index is -3.56. The summed E-state index contributed by atoms with van der Waals surface area (Å²) in [5, 5.41) is 20.3. The molecule has 1 N–H and O–H groups in total. The summed E-state index contributed by atoms with van der Waals surface area (Å²) in [5.41, 5.74) is 3.01. The summed E-state index contributed by atoms with van der Waals surface area (Å²) >= 11 is 1.36. The van der Waals surface area contributed by atoms with Crippen LogP contribution in [0.2, 0.25) is 0 Å². The van der Waals surface area contributed by atoms with Gasteiger partial charge >= 0.3 is 39.7 Å². The maximum absolute atomic E-state index is 11.6. The summed E-state index contributed by atoms with van der Waals surface area (Å²) in [7, 11) is -3.56. The Morgan fingerprint density at radius 3 is 2.00 bits per heavy atom. The quantitative estimate of drug-likeness (QED) is 0.239. The number of rotatable bonds is 13. The summed E-state index contributed by atoms with van der Waals surface area (Å²) in [6, 6.07) is 21.0. The number of carboxylic acid groups (broad SMARTS) is 1. The average molecular weight is 539 g/mol. The summed E-state index contributed by atoms with van der Waals surface area (Å²) < 4.78 is 32.8. The van der Waals surface area contributed by atoms with Crippen LogP contribution in [0.3, 0.4) is 0 Å². The Labute approximate surface area is 238 Å². The monoisotopic (exact) mass is 538 g/mol. The second kappa shape index (κ2) is 14.5. The first-order chi connectivity index (χ1) is 16.7. The topological polar surface area (TPSA) is 113 Å². The zero-order valence-corrected chi connectivity index (χ0v) is 23.9. The van der Waals surface area contributed by atoms with Crippen molar-refractivity contribution in [3.63, 3.8) is 0 Å². The number of thioether (sulfide) groups is 1. The van der Waals surface area contributed by atoms with E-state index in [1.165, 1.54) is 23.9 Å². The first-order valence-corrected chi connectivity index (χ1v) is 13.8. The van der Waals surface area contributed by atoms with Crippen molar-refractivity contribution in [2.75, 3.05) is 18.6 Å². The Morgan fingerprint density at radius 1 is 0.889 bits per heavy atom. The zero-order valence-electron chi connectivity index (χ0n) is 20.3. The smallest absolute Gasteiger partial charge is 0.549 e. The first kappa shape index (κ1) is 30.1. The first-order valence-electron chi connectivity index (χ1n) is 11.0. The van der Waals surface area contributed by atoms with Crippen LogP contribution in [-0.4, -0.2) is 43.4 Å². The summed E-state index contributed by atoms with van der Waals surface area (Å²) in [6.45, 7) is 0.431. The molecule has 1 atom stereocenters. The molecule has 0 aliphatic heterocycles. The van der Waals surface area contributed by atoms with E-state index in [1.807, 2.05) is 36.4 Å². The SMILES string of the molecule is CS(=O)(=O)Oc1ccc(OCCc2ccc(CC(SCCc3ccc(O)cc3)C(=O)[O-])cc2)cc1.[Na+]. The molecule has 0 heterocycles. The third-order valence-corrected chi connectivity index (χ3v) is 6.78. The van der Waals surface area contributed by atoms with Crippen molar-refractivity contribution in [2.45, 2.75) is 24.5 Å². The van der Waals surface area contributed by atoms with Crippen molar-refractivity contribution in [1.82, 2.24) is 0 Å². The Kier molecular flexibility index (Phi) is 12.1. The van der Waals surface area contributed by atoms with Gasteiger partial charge in [-0.05, 0) is 71.7 Å². The van der Waals surface area contributed by atoms with Crippen LogP contribution in [-0.2, 0) is 34.2 Å². The number of carbonyl (C=O) groups is 1. The molecular formula is C26H27NaO7S2. The van der Waals surface area contributed by atoms with Crippen molar-refractivity contribution in [2.24, 2.45) is 0 Å². The average Bonchev–Trinajstić information content (AvgIpc) is 2.81. The number of aliphatic carboxylic acids is 1. The number of carbonyl (C=O) groups excluding carboxylic acids is 1. The number of aryl methyl sites for hydroxylation is 1. The Balaban J connectivity index is 0.00000456. The molecule has 0 saturated carbocycles. The van der Waals surface area contributed by atoms with Gasteiger partial charge in [0.25, 0.3) is 0 Å². The zero-order chi connectivity index (χ0) is 25.3. The van der Waals surface area contributed by atoms with Gasteiger partial charge in [-0.15, -0.1) is 0 Å². The van der Waals surface area contributed by atoms with E-state index in [2.05, 4.69) is 0 Å². The van der Waals surface area contributed by atoms with Crippen molar-refractivity contribution in [3.8, 4) is 17.2 Å². The third kappa shape index (κ3) is 10.8. The van der Waals surface area contributed by atoms with E-state index in [1.54, 1.807) is 24.3 Å². The van der Waals surface area contributed by atoms with Gasteiger partial charge in [0, 0.05) is 11.7 Å². The molecule has 0 saturated heterocycles. The van der Waals surface area contributed by atoms with E-state index in [-0.39, 0.29) is 41.1 Å². The number of carboxylic acids is 1. The number of phenolic OH excluding ortho intramolecular Hbond substituents is 1. The molecule has 0 amide bonds. The summed E-state index contributed by atoms with van der Waals surface area (Å²) in [5.74, 6) is 0.596. The normalized spacial score (nSPS) is 11.8. The molecule has 0 fully saturated rings. The fourth-order valence-corrected chi connectivity index (χ4v) is 4.85. The molecule has 0 spiro atoms. The van der Waals surface area contributed by atoms with Crippen LogP contribution in [0, 0.1) is 0 Å². The molecule has 7 nitrogen and oxygen atoms in total. The molecule has 3 aromatic carbocycles. The van der Waals surface area contributed by atoms with E-state index in [0.29, 0.717) is 37.4 Å². The minimum Gasteiger partial charge on any atom is -0.549 e. The van der Waals surface area contributed by atoms with Gasteiger partial charge in [0.1, 0.15) is 17.2 Å². The van der Waals surface area contributed by atoms with Gasteiger partial charge in [-0.25, -0.2) is 0 Å². The van der Waals surface area contributed by atoms with Crippen LogP contribution in [0.4, 0.5) is 0 Å². The van der Waals surface area contributed by atoms with E-state index in [9.17, 15) is 23.4 Å². The summed E-state index contributed by atoms with van der Waals surface area (Å²) in [4.78, 5) is 11.6. The van der Waals surface area contributed by atoms with E-state index in [4.69, 9.17) is 8.92 Å². The fourth-order valence-electron chi connectivity index (χ4n) is 3.30. The molecule has 0 bridgehead atoms. The molecule has 0 aliphatic carbocycles. The predicted octanol–water partition coefficient (Wildman–Crippen LogP) is -0.00700. The van der Waals surface area contributed by atoms with E-state index >= 15 is 0 Å². The fraction of sp³-hybridized carbons (Fsp3) is 0.269. The number of phenols is 1. The number of ether oxygens (including phenoxy) is 1.